The second-order valence-electron chi connectivity index (χ2n) is 3.85. The molecular formula is C10H18O4. The van der Waals surface area contributed by atoms with Gasteiger partial charge in [-0.3, -0.25) is 4.79 Å². The summed E-state index contributed by atoms with van der Waals surface area (Å²) in [6.45, 7) is 3.06. The largest absolute Gasteiger partial charge is 0.481 e. The van der Waals surface area contributed by atoms with Gasteiger partial charge in [0.1, 0.15) is 0 Å². The van der Waals surface area contributed by atoms with E-state index in [1.54, 1.807) is 0 Å². The van der Waals surface area contributed by atoms with E-state index in [0.29, 0.717) is 19.6 Å². The first-order valence-electron chi connectivity index (χ1n) is 5.15. The summed E-state index contributed by atoms with van der Waals surface area (Å²) in [5, 5.41) is 18.8. The summed E-state index contributed by atoms with van der Waals surface area (Å²) in [5.41, 5.74) is 0. The molecule has 1 aliphatic heterocycles. The molecule has 4 heteroatoms. The van der Waals surface area contributed by atoms with Gasteiger partial charge in [0.05, 0.1) is 18.6 Å². The van der Waals surface area contributed by atoms with Gasteiger partial charge in [0.15, 0.2) is 0 Å². The molecule has 4 nitrogen and oxygen atoms in total. The number of aliphatic carboxylic acids is 1. The van der Waals surface area contributed by atoms with Gasteiger partial charge in [-0.2, -0.15) is 0 Å². The van der Waals surface area contributed by atoms with E-state index in [1.165, 1.54) is 0 Å². The highest BCUT2D eigenvalue weighted by Crippen LogP contribution is 2.24. The molecular weight excluding hydrogens is 184 g/mol. The molecule has 1 heterocycles. The lowest BCUT2D eigenvalue weighted by molar-refractivity contribution is -0.147. The molecule has 1 fully saturated rings. The second-order valence-corrected chi connectivity index (χ2v) is 3.85. The average molecular weight is 202 g/mol. The molecule has 2 N–H and O–H groups in total. The van der Waals surface area contributed by atoms with Gasteiger partial charge in [0.25, 0.3) is 0 Å². The molecule has 0 aromatic heterocycles. The van der Waals surface area contributed by atoms with Gasteiger partial charge in [-0.1, -0.05) is 13.3 Å². The topological polar surface area (TPSA) is 66.8 Å². The molecule has 0 radical (unpaired) electrons. The minimum absolute atomic E-state index is 0.00245. The predicted molar refractivity (Wildman–Crippen MR) is 51.0 cm³/mol. The van der Waals surface area contributed by atoms with Crippen molar-refractivity contribution in [1.82, 2.24) is 0 Å². The molecule has 1 rings (SSSR count). The molecule has 0 spiro atoms. The first-order chi connectivity index (χ1) is 6.66. The Morgan fingerprint density at radius 3 is 2.79 bits per heavy atom. The number of aliphatic hydroxyl groups excluding tert-OH is 1. The van der Waals surface area contributed by atoms with Gasteiger partial charge in [0, 0.05) is 12.5 Å². The van der Waals surface area contributed by atoms with E-state index in [4.69, 9.17) is 9.84 Å². The zero-order chi connectivity index (χ0) is 10.6. The van der Waals surface area contributed by atoms with Crippen LogP contribution in [0.5, 0.6) is 0 Å². The smallest absolute Gasteiger partial charge is 0.309 e. The van der Waals surface area contributed by atoms with Crippen LogP contribution in [0.25, 0.3) is 0 Å². The van der Waals surface area contributed by atoms with E-state index in [9.17, 15) is 9.90 Å². The fourth-order valence-corrected chi connectivity index (χ4v) is 1.90. The summed E-state index contributed by atoms with van der Waals surface area (Å²) < 4.78 is 5.13. The van der Waals surface area contributed by atoms with Crippen LogP contribution in [0.2, 0.25) is 0 Å². The molecule has 0 aromatic carbocycles. The molecule has 14 heavy (non-hydrogen) atoms. The number of rotatable bonds is 5. The van der Waals surface area contributed by atoms with Crippen molar-refractivity contribution in [3.63, 3.8) is 0 Å². The van der Waals surface area contributed by atoms with Gasteiger partial charge in [-0.15, -0.1) is 0 Å². The number of ether oxygens (including phenoxy) is 1. The van der Waals surface area contributed by atoms with Gasteiger partial charge < -0.3 is 14.9 Å². The molecule has 3 atom stereocenters. The zero-order valence-electron chi connectivity index (χ0n) is 8.48. The lowest BCUT2D eigenvalue weighted by atomic mass is 9.87. The Morgan fingerprint density at radius 2 is 2.36 bits per heavy atom. The maximum Gasteiger partial charge on any atom is 0.309 e. The summed E-state index contributed by atoms with van der Waals surface area (Å²) in [5.74, 6) is -1.53. The van der Waals surface area contributed by atoms with E-state index in [0.717, 1.165) is 12.8 Å². The van der Waals surface area contributed by atoms with Crippen molar-refractivity contribution in [2.75, 3.05) is 13.2 Å². The zero-order valence-corrected chi connectivity index (χ0v) is 8.48. The number of hydrogen-bond donors (Lipinski definition) is 2. The lowest BCUT2D eigenvalue weighted by Crippen LogP contribution is -2.34. The van der Waals surface area contributed by atoms with Gasteiger partial charge >= 0.3 is 5.97 Å². The molecule has 0 saturated carbocycles. The Balaban J connectivity index is 2.52. The molecule has 0 aromatic rings. The Hall–Kier alpha value is -0.610. The summed E-state index contributed by atoms with van der Waals surface area (Å²) in [6.07, 6.45) is 1.33. The molecule has 0 amide bonds. The Labute approximate surface area is 83.9 Å². The number of carboxylic acids is 1. The summed E-state index contributed by atoms with van der Waals surface area (Å²) in [7, 11) is 0. The SMILES string of the molecule is CCCC(C(=O)O)C(O)C1CCOC1. The van der Waals surface area contributed by atoms with Crippen molar-refractivity contribution >= 4 is 5.97 Å². The molecule has 0 bridgehead atoms. The van der Waals surface area contributed by atoms with Crippen molar-refractivity contribution in [3.05, 3.63) is 0 Å². The normalized spacial score (nSPS) is 26.0. The monoisotopic (exact) mass is 202 g/mol. The Kier molecular flexibility index (Phi) is 4.35. The number of carbonyl (C=O) groups is 1. The number of carboxylic acid groups (broad SMARTS) is 1. The van der Waals surface area contributed by atoms with Crippen LogP contribution in [0.4, 0.5) is 0 Å². The number of hydrogen-bond acceptors (Lipinski definition) is 3. The standard InChI is InChI=1S/C10H18O4/c1-2-3-8(10(12)13)9(11)7-4-5-14-6-7/h7-9,11H,2-6H2,1H3,(H,12,13). The summed E-state index contributed by atoms with van der Waals surface area (Å²) in [4.78, 5) is 10.9. The van der Waals surface area contributed by atoms with Crippen LogP contribution in [0.1, 0.15) is 26.2 Å². The van der Waals surface area contributed by atoms with Crippen molar-refractivity contribution in [3.8, 4) is 0 Å². The van der Waals surface area contributed by atoms with E-state index in [1.807, 2.05) is 6.92 Å². The first-order valence-corrected chi connectivity index (χ1v) is 5.15. The highest BCUT2D eigenvalue weighted by molar-refractivity contribution is 5.70. The third kappa shape index (κ3) is 2.69. The van der Waals surface area contributed by atoms with Gasteiger partial charge in [-0.05, 0) is 12.8 Å². The van der Waals surface area contributed by atoms with Crippen molar-refractivity contribution < 1.29 is 19.7 Å². The van der Waals surface area contributed by atoms with Gasteiger partial charge in [0.2, 0.25) is 0 Å². The van der Waals surface area contributed by atoms with Crippen molar-refractivity contribution in [1.29, 1.82) is 0 Å². The van der Waals surface area contributed by atoms with E-state index in [2.05, 4.69) is 0 Å². The minimum Gasteiger partial charge on any atom is -0.481 e. The maximum atomic E-state index is 10.9. The Bertz CT molecular complexity index is 187. The van der Waals surface area contributed by atoms with Crippen LogP contribution in [0.3, 0.4) is 0 Å². The summed E-state index contributed by atoms with van der Waals surface area (Å²) in [6, 6.07) is 0. The first kappa shape index (κ1) is 11.5. The highest BCUT2D eigenvalue weighted by Gasteiger charge is 2.34. The average Bonchev–Trinajstić information content (AvgIpc) is 2.65. The predicted octanol–water partition coefficient (Wildman–Crippen LogP) is 0.885. The van der Waals surface area contributed by atoms with Crippen molar-refractivity contribution in [2.45, 2.75) is 32.3 Å². The van der Waals surface area contributed by atoms with E-state index in [-0.39, 0.29) is 5.92 Å². The maximum absolute atomic E-state index is 10.9. The lowest BCUT2D eigenvalue weighted by Gasteiger charge is -2.22. The van der Waals surface area contributed by atoms with Crippen LogP contribution in [0.15, 0.2) is 0 Å². The molecule has 1 saturated heterocycles. The third-order valence-corrected chi connectivity index (χ3v) is 2.78. The van der Waals surface area contributed by atoms with Crippen LogP contribution in [-0.2, 0) is 9.53 Å². The molecule has 3 unspecified atom stereocenters. The highest BCUT2D eigenvalue weighted by atomic mass is 16.5. The summed E-state index contributed by atoms with van der Waals surface area (Å²) >= 11 is 0. The van der Waals surface area contributed by atoms with E-state index < -0.39 is 18.0 Å². The van der Waals surface area contributed by atoms with Gasteiger partial charge in [-0.25, -0.2) is 0 Å². The fraction of sp³-hybridized carbons (Fsp3) is 0.900. The fourth-order valence-electron chi connectivity index (χ4n) is 1.90. The quantitative estimate of drug-likeness (QED) is 0.694. The van der Waals surface area contributed by atoms with Crippen LogP contribution in [-0.4, -0.2) is 35.5 Å². The molecule has 1 aliphatic rings. The second kappa shape index (κ2) is 5.32. The molecule has 0 aliphatic carbocycles. The minimum atomic E-state index is -0.897. The van der Waals surface area contributed by atoms with Crippen LogP contribution >= 0.6 is 0 Å². The number of aliphatic hydroxyl groups is 1. The Morgan fingerprint density at radius 1 is 1.64 bits per heavy atom. The molecule has 82 valence electrons. The van der Waals surface area contributed by atoms with Crippen LogP contribution < -0.4 is 0 Å². The van der Waals surface area contributed by atoms with Crippen molar-refractivity contribution in [2.24, 2.45) is 11.8 Å². The van der Waals surface area contributed by atoms with E-state index >= 15 is 0 Å². The van der Waals surface area contributed by atoms with Crippen LogP contribution in [0, 0.1) is 11.8 Å². The third-order valence-electron chi connectivity index (χ3n) is 2.78.